The fourth-order valence-electron chi connectivity index (χ4n) is 6.06. The summed E-state index contributed by atoms with van der Waals surface area (Å²) in [5.41, 5.74) is 4.27. The van der Waals surface area contributed by atoms with Gasteiger partial charge in [-0.3, -0.25) is 14.5 Å². The van der Waals surface area contributed by atoms with Crippen LogP contribution >= 0.6 is 46.9 Å². The van der Waals surface area contributed by atoms with Crippen molar-refractivity contribution < 1.29 is 48.6 Å². The van der Waals surface area contributed by atoms with E-state index in [-0.39, 0.29) is 43.9 Å². The van der Waals surface area contributed by atoms with E-state index >= 15 is 0 Å². The highest BCUT2D eigenvalue weighted by atomic mass is 35.5. The molecule has 4 heterocycles. The number of hydrogen-bond acceptors (Lipinski definition) is 14. The number of carbonyl (C=O) groups is 4. The number of aromatic hydroxyl groups is 1. The molecular weight excluding hydrogens is 760 g/mol. The Hall–Kier alpha value is -4.37. The highest BCUT2D eigenvalue weighted by molar-refractivity contribution is 8.00. The Kier molecular flexibility index (Phi) is 11.7. The summed E-state index contributed by atoms with van der Waals surface area (Å²) in [7, 11) is 1.41. The number of nitrogens with zero attached hydrogens (tertiary/aromatic N) is 4. The number of carbonyl (C=O) groups excluding carboxylic acids is 3. The standard InChI is InChI=1S/C31H37ClN8O9S3/c1-31(2,28(46)47)49-38-20(17-14-52-29(33)35-17)24(42)37-21-25(43)39-22(27(44)45)15(13-51-26(21)39)12-40(9-4-5-10-40)11-8-34-30(50)36-16-6-7-18(48-3)23(41)19(16)32/h6-7,14,21,26H,4-5,8-13H2,1-3H3,(H7-,33,34,35,36,37,41,42,44,45,46,47,50)/b38-20-/t21-,26-/m1/s1. The third-order valence-electron chi connectivity index (χ3n) is 8.85. The van der Waals surface area contributed by atoms with Gasteiger partial charge in [0, 0.05) is 29.5 Å². The molecule has 2 aromatic rings. The van der Waals surface area contributed by atoms with Crippen LogP contribution in [0.1, 0.15) is 32.4 Å². The Morgan fingerprint density at radius 1 is 1.29 bits per heavy atom. The average molecular weight is 797 g/mol. The number of methoxy groups -OCH3 is 1. The molecule has 0 spiro atoms. The molecule has 17 nitrogen and oxygen atoms in total. The molecule has 0 bridgehead atoms. The summed E-state index contributed by atoms with van der Waals surface area (Å²) in [4.78, 5) is 61.3. The normalized spacial score (nSPS) is 19.7. The number of rotatable bonds is 14. The van der Waals surface area contributed by atoms with Gasteiger partial charge in [0.2, 0.25) is 5.60 Å². The van der Waals surface area contributed by atoms with Gasteiger partial charge in [-0.25, -0.2) is 9.78 Å². The van der Waals surface area contributed by atoms with Crippen LogP contribution in [0.25, 0.3) is 0 Å². The number of aromatic nitrogens is 1. The van der Waals surface area contributed by atoms with E-state index in [0.717, 1.165) is 42.2 Å². The van der Waals surface area contributed by atoms with Gasteiger partial charge >= 0.3 is 5.97 Å². The summed E-state index contributed by atoms with van der Waals surface area (Å²) in [6.45, 7) is 5.45. The van der Waals surface area contributed by atoms with Gasteiger partial charge in [-0.2, -0.15) is 0 Å². The van der Waals surface area contributed by atoms with E-state index in [1.165, 1.54) is 38.1 Å². The van der Waals surface area contributed by atoms with Crippen molar-refractivity contribution in [1.82, 2.24) is 20.5 Å². The predicted molar refractivity (Wildman–Crippen MR) is 196 cm³/mol. The molecule has 2 saturated heterocycles. The zero-order chi connectivity index (χ0) is 38.0. The molecule has 7 N–H and O–H groups in total. The summed E-state index contributed by atoms with van der Waals surface area (Å²) in [5.74, 6) is -4.09. The van der Waals surface area contributed by atoms with Crippen molar-refractivity contribution >= 4 is 92.3 Å². The van der Waals surface area contributed by atoms with E-state index in [1.54, 1.807) is 12.1 Å². The first-order valence-corrected chi connectivity index (χ1v) is 18.6. The van der Waals surface area contributed by atoms with E-state index in [2.05, 4.69) is 26.1 Å². The maximum absolute atomic E-state index is 13.5. The van der Waals surface area contributed by atoms with Gasteiger partial charge in [0.25, 0.3) is 11.8 Å². The highest BCUT2D eigenvalue weighted by Gasteiger charge is 2.54. The second kappa shape index (κ2) is 15.7. The number of thiazole rings is 1. The molecule has 0 aliphatic carbocycles. The minimum Gasteiger partial charge on any atom is -0.543 e. The van der Waals surface area contributed by atoms with Crippen LogP contribution in [-0.4, -0.2) is 122 Å². The van der Waals surface area contributed by atoms with E-state index in [1.807, 2.05) is 0 Å². The van der Waals surface area contributed by atoms with Gasteiger partial charge < -0.3 is 55.9 Å². The Bertz CT molecular complexity index is 1850. The monoisotopic (exact) mass is 796 g/mol. The molecule has 2 atom stereocenters. The molecule has 0 radical (unpaired) electrons. The number of carboxylic acid groups (broad SMARTS) is 2. The van der Waals surface area contributed by atoms with Crippen molar-refractivity contribution in [3.05, 3.63) is 39.5 Å². The van der Waals surface area contributed by atoms with Crippen LogP contribution in [-0.2, 0) is 24.0 Å². The van der Waals surface area contributed by atoms with Crippen LogP contribution < -0.4 is 31.5 Å². The van der Waals surface area contributed by atoms with Crippen molar-refractivity contribution in [3.8, 4) is 11.5 Å². The van der Waals surface area contributed by atoms with Crippen molar-refractivity contribution in [2.75, 3.05) is 56.6 Å². The number of halogens is 1. The molecular formula is C31H37ClN8O9S3. The number of ether oxygens (including phenoxy) is 1. The number of anilines is 2. The Labute approximate surface area is 316 Å². The number of nitrogens with two attached hydrogens (primary N) is 1. The predicted octanol–water partition coefficient (Wildman–Crippen LogP) is 0.678. The highest BCUT2D eigenvalue weighted by Crippen LogP contribution is 2.42. The van der Waals surface area contributed by atoms with Gasteiger partial charge in [0.1, 0.15) is 28.7 Å². The molecule has 2 fully saturated rings. The Balaban J connectivity index is 1.26. The summed E-state index contributed by atoms with van der Waals surface area (Å²) >= 11 is 14.0. The lowest BCUT2D eigenvalue weighted by Gasteiger charge is -2.51. The maximum atomic E-state index is 13.5. The lowest BCUT2D eigenvalue weighted by molar-refractivity contribution is -0.911. The smallest absolute Gasteiger partial charge is 0.350 e. The molecule has 21 heteroatoms. The summed E-state index contributed by atoms with van der Waals surface area (Å²) < 4.78 is 5.63. The second-order valence-electron chi connectivity index (χ2n) is 12.8. The maximum Gasteiger partial charge on any atom is 0.350 e. The quantitative estimate of drug-likeness (QED) is 0.0507. The van der Waals surface area contributed by atoms with Gasteiger partial charge in [0.05, 0.1) is 50.6 Å². The number of likely N-dealkylation sites (tertiary alicyclic amines) is 1. The third kappa shape index (κ3) is 8.15. The number of nitrogen functional groups attached to an aromatic ring is 1. The number of oxime groups is 1. The molecule has 0 saturated carbocycles. The first-order chi connectivity index (χ1) is 24.6. The number of thioether (sulfide) groups is 1. The number of quaternary nitrogens is 1. The zero-order valence-corrected chi connectivity index (χ0v) is 31.5. The van der Waals surface area contributed by atoms with E-state index in [4.69, 9.17) is 39.1 Å². The first kappa shape index (κ1) is 38.9. The van der Waals surface area contributed by atoms with Crippen LogP contribution in [0.5, 0.6) is 11.5 Å². The Morgan fingerprint density at radius 3 is 2.62 bits per heavy atom. The van der Waals surface area contributed by atoms with Gasteiger partial charge in [0.15, 0.2) is 27.5 Å². The van der Waals surface area contributed by atoms with Crippen molar-refractivity contribution in [2.45, 2.75) is 43.7 Å². The first-order valence-electron chi connectivity index (χ1n) is 15.9. The van der Waals surface area contributed by atoms with Crippen LogP contribution in [0.4, 0.5) is 10.8 Å². The lowest BCUT2D eigenvalue weighted by Crippen LogP contribution is -2.72. The second-order valence-corrected chi connectivity index (χ2v) is 15.5. The topological polar surface area (TPSA) is 241 Å². The average Bonchev–Trinajstić information content (AvgIpc) is 3.74. The number of phenols is 1. The number of thiocarbonyl (C=S) groups is 1. The van der Waals surface area contributed by atoms with Gasteiger partial charge in [-0.1, -0.05) is 16.8 Å². The largest absolute Gasteiger partial charge is 0.543 e. The number of aliphatic carboxylic acids is 2. The third-order valence-corrected chi connectivity index (χ3v) is 11.5. The number of amides is 2. The number of phenolic OH excluding ortho intramolecular Hbond substituents is 1. The molecule has 52 heavy (non-hydrogen) atoms. The van der Waals surface area contributed by atoms with Crippen LogP contribution in [0.3, 0.4) is 0 Å². The molecule has 3 aliphatic heterocycles. The molecule has 3 aliphatic rings. The lowest BCUT2D eigenvalue weighted by atomic mass is 10.0. The van der Waals surface area contributed by atoms with Gasteiger partial charge in [-0.15, -0.1) is 23.1 Å². The molecule has 1 aromatic heterocycles. The molecule has 0 unspecified atom stereocenters. The molecule has 2 amide bonds. The minimum atomic E-state index is -1.79. The van der Waals surface area contributed by atoms with Gasteiger partial charge in [-0.05, 0) is 38.2 Å². The van der Waals surface area contributed by atoms with Crippen LogP contribution in [0.2, 0.25) is 5.02 Å². The van der Waals surface area contributed by atoms with Crippen molar-refractivity contribution in [2.24, 2.45) is 5.16 Å². The number of carboxylic acids is 2. The minimum absolute atomic E-state index is 0.00760. The van der Waals surface area contributed by atoms with Crippen molar-refractivity contribution in [1.29, 1.82) is 0 Å². The zero-order valence-electron chi connectivity index (χ0n) is 28.3. The Morgan fingerprint density at radius 2 is 2.00 bits per heavy atom. The number of fused-ring (bicyclic) bond motifs is 1. The summed E-state index contributed by atoms with van der Waals surface area (Å²) in [6, 6.07) is 2.06. The summed E-state index contributed by atoms with van der Waals surface area (Å²) in [6.07, 6.45) is 1.87. The van der Waals surface area contributed by atoms with Crippen LogP contribution in [0.15, 0.2) is 33.9 Å². The SMILES string of the molecule is COc1ccc(NC(=S)NCC[N+]2(CC3=C(C(=O)[O-])N4C(=O)[C@@H](NC(=O)/C(=N\OC(C)(C)C(=O)O)c5csc(N)n5)[C@H]4SC3)CCCC2)c(Cl)c1O. The number of nitrogens with one attached hydrogen (secondary N) is 3. The number of hydrogen-bond donors (Lipinski definition) is 6. The molecule has 1 aromatic carbocycles. The fraction of sp³-hybridized carbons (Fsp3) is 0.452. The van der Waals surface area contributed by atoms with E-state index < -0.39 is 46.5 Å². The molecule has 5 rings (SSSR count). The van der Waals surface area contributed by atoms with E-state index in [9.17, 15) is 34.5 Å². The summed E-state index contributed by atoms with van der Waals surface area (Å²) in [5, 5.41) is 45.8. The fourth-order valence-corrected chi connectivity index (χ4v) is 8.35. The van der Waals surface area contributed by atoms with Crippen LogP contribution in [0, 0.1) is 0 Å². The number of β-lactam (4-membered cyclic amide) rings is 1. The number of benzene rings is 1. The van der Waals surface area contributed by atoms with Crippen molar-refractivity contribution in [3.63, 3.8) is 0 Å². The molecule has 280 valence electrons. The van der Waals surface area contributed by atoms with E-state index in [0.29, 0.717) is 35.4 Å².